The average molecular weight is 249 g/mol. The molecule has 0 aliphatic heterocycles. The molecule has 1 aromatic carbocycles. The summed E-state index contributed by atoms with van der Waals surface area (Å²) in [7, 11) is 0. The summed E-state index contributed by atoms with van der Waals surface area (Å²) in [6.45, 7) is 6.55. The smallest absolute Gasteiger partial charge is 0.246 e. The predicted octanol–water partition coefficient (Wildman–Crippen LogP) is 3.39. The minimum Gasteiger partial charge on any atom is -0.352 e. The Bertz CT molecular complexity index is 438. The van der Waals surface area contributed by atoms with E-state index in [2.05, 4.69) is 19.2 Å². The molecule has 0 bridgehead atoms. The quantitative estimate of drug-likeness (QED) is 0.796. The normalized spacial score (nSPS) is 11.7. The highest BCUT2D eigenvalue weighted by molar-refractivity contribution is 5.97. The van der Waals surface area contributed by atoms with Gasteiger partial charge in [0.1, 0.15) is 5.82 Å². The van der Waals surface area contributed by atoms with Crippen molar-refractivity contribution in [1.29, 1.82) is 0 Å². The Labute approximate surface area is 108 Å². The molecule has 0 atom stereocenters. The highest BCUT2D eigenvalue weighted by Crippen LogP contribution is 2.11. The SMILES string of the molecule is C/C(=C\c1ccccc1F)C(=O)NCCC(C)C. The van der Waals surface area contributed by atoms with Gasteiger partial charge in [0.2, 0.25) is 5.91 Å². The lowest BCUT2D eigenvalue weighted by atomic mass is 10.1. The van der Waals surface area contributed by atoms with Crippen LogP contribution in [0.5, 0.6) is 0 Å². The van der Waals surface area contributed by atoms with E-state index in [4.69, 9.17) is 0 Å². The van der Waals surface area contributed by atoms with Gasteiger partial charge in [-0.25, -0.2) is 4.39 Å². The molecule has 0 unspecified atom stereocenters. The molecular weight excluding hydrogens is 229 g/mol. The van der Waals surface area contributed by atoms with Crippen molar-refractivity contribution in [2.75, 3.05) is 6.54 Å². The highest BCUT2D eigenvalue weighted by Gasteiger charge is 2.05. The van der Waals surface area contributed by atoms with Gasteiger partial charge in [-0.15, -0.1) is 0 Å². The van der Waals surface area contributed by atoms with Gasteiger partial charge >= 0.3 is 0 Å². The number of halogens is 1. The molecule has 0 aliphatic rings. The number of amides is 1. The van der Waals surface area contributed by atoms with Crippen LogP contribution in [0.15, 0.2) is 29.8 Å². The van der Waals surface area contributed by atoms with Crippen molar-refractivity contribution >= 4 is 12.0 Å². The third-order valence-electron chi connectivity index (χ3n) is 2.64. The summed E-state index contributed by atoms with van der Waals surface area (Å²) >= 11 is 0. The summed E-state index contributed by atoms with van der Waals surface area (Å²) in [6, 6.07) is 6.42. The fourth-order valence-corrected chi connectivity index (χ4v) is 1.50. The van der Waals surface area contributed by atoms with Gasteiger partial charge in [-0.1, -0.05) is 32.0 Å². The van der Waals surface area contributed by atoms with Crippen molar-refractivity contribution in [2.24, 2.45) is 5.92 Å². The van der Waals surface area contributed by atoms with E-state index in [9.17, 15) is 9.18 Å². The molecule has 0 aromatic heterocycles. The van der Waals surface area contributed by atoms with Gasteiger partial charge in [0.05, 0.1) is 0 Å². The second-order valence-electron chi connectivity index (χ2n) is 4.79. The van der Waals surface area contributed by atoms with E-state index < -0.39 is 0 Å². The second kappa shape index (κ2) is 6.94. The molecular formula is C15H20FNO. The van der Waals surface area contributed by atoms with Crippen molar-refractivity contribution < 1.29 is 9.18 Å². The minimum absolute atomic E-state index is 0.140. The van der Waals surface area contributed by atoms with Crippen molar-refractivity contribution in [3.8, 4) is 0 Å². The Kier molecular flexibility index (Phi) is 5.56. The largest absolute Gasteiger partial charge is 0.352 e. The fourth-order valence-electron chi connectivity index (χ4n) is 1.50. The monoisotopic (exact) mass is 249 g/mol. The first-order chi connectivity index (χ1) is 8.50. The summed E-state index contributed by atoms with van der Waals surface area (Å²) in [4.78, 5) is 11.7. The van der Waals surface area contributed by atoms with E-state index in [0.717, 1.165) is 6.42 Å². The number of carbonyl (C=O) groups is 1. The predicted molar refractivity (Wildman–Crippen MR) is 72.5 cm³/mol. The average Bonchev–Trinajstić information content (AvgIpc) is 2.31. The Hall–Kier alpha value is -1.64. The maximum atomic E-state index is 13.4. The Morgan fingerprint density at radius 1 is 1.39 bits per heavy atom. The molecule has 1 aromatic rings. The lowest BCUT2D eigenvalue weighted by Crippen LogP contribution is -2.25. The number of carbonyl (C=O) groups excluding carboxylic acids is 1. The van der Waals surface area contributed by atoms with E-state index in [1.54, 1.807) is 31.2 Å². The van der Waals surface area contributed by atoms with Crippen LogP contribution in [0.3, 0.4) is 0 Å². The molecule has 0 heterocycles. The first-order valence-electron chi connectivity index (χ1n) is 6.21. The van der Waals surface area contributed by atoms with Crippen LogP contribution in [-0.4, -0.2) is 12.5 Å². The fraction of sp³-hybridized carbons (Fsp3) is 0.400. The van der Waals surface area contributed by atoms with Gasteiger partial charge in [-0.3, -0.25) is 4.79 Å². The van der Waals surface area contributed by atoms with E-state index in [0.29, 0.717) is 23.6 Å². The topological polar surface area (TPSA) is 29.1 Å². The van der Waals surface area contributed by atoms with Crippen LogP contribution in [0.4, 0.5) is 4.39 Å². The first-order valence-corrected chi connectivity index (χ1v) is 6.21. The molecule has 1 N–H and O–H groups in total. The molecule has 0 aliphatic carbocycles. The van der Waals surface area contributed by atoms with Crippen LogP contribution in [-0.2, 0) is 4.79 Å². The lowest BCUT2D eigenvalue weighted by Gasteiger charge is -2.07. The Morgan fingerprint density at radius 3 is 2.67 bits per heavy atom. The standard InChI is InChI=1S/C15H20FNO/c1-11(2)8-9-17-15(18)12(3)10-13-6-4-5-7-14(13)16/h4-7,10-11H,8-9H2,1-3H3,(H,17,18)/b12-10+. The van der Waals surface area contributed by atoms with Crippen LogP contribution < -0.4 is 5.32 Å². The Balaban J connectivity index is 2.61. The van der Waals surface area contributed by atoms with E-state index in [1.807, 2.05) is 0 Å². The number of hydrogen-bond donors (Lipinski definition) is 1. The summed E-state index contributed by atoms with van der Waals surface area (Å²) in [5, 5.41) is 2.82. The zero-order valence-corrected chi connectivity index (χ0v) is 11.2. The highest BCUT2D eigenvalue weighted by atomic mass is 19.1. The van der Waals surface area contributed by atoms with Gasteiger partial charge in [0.25, 0.3) is 0 Å². The molecule has 0 saturated carbocycles. The van der Waals surface area contributed by atoms with Gasteiger partial charge < -0.3 is 5.32 Å². The summed E-state index contributed by atoms with van der Waals surface area (Å²) in [6.07, 6.45) is 2.51. The number of nitrogens with one attached hydrogen (secondary N) is 1. The Morgan fingerprint density at radius 2 is 2.06 bits per heavy atom. The van der Waals surface area contributed by atoms with E-state index in [1.165, 1.54) is 6.07 Å². The minimum atomic E-state index is -0.313. The zero-order chi connectivity index (χ0) is 13.5. The molecule has 18 heavy (non-hydrogen) atoms. The number of benzene rings is 1. The van der Waals surface area contributed by atoms with Crippen molar-refractivity contribution in [2.45, 2.75) is 27.2 Å². The molecule has 98 valence electrons. The summed E-state index contributed by atoms with van der Waals surface area (Å²) in [5.74, 6) is 0.104. The van der Waals surface area contributed by atoms with E-state index in [-0.39, 0.29) is 11.7 Å². The molecule has 1 amide bonds. The molecule has 0 spiro atoms. The molecule has 1 rings (SSSR count). The van der Waals surface area contributed by atoms with Gasteiger partial charge in [-0.2, -0.15) is 0 Å². The van der Waals surface area contributed by atoms with Gasteiger partial charge in [-0.05, 0) is 31.4 Å². The lowest BCUT2D eigenvalue weighted by molar-refractivity contribution is -0.117. The third kappa shape index (κ3) is 4.70. The van der Waals surface area contributed by atoms with Crippen LogP contribution in [0, 0.1) is 11.7 Å². The third-order valence-corrected chi connectivity index (χ3v) is 2.64. The molecule has 3 heteroatoms. The first kappa shape index (κ1) is 14.4. The molecule has 2 nitrogen and oxygen atoms in total. The maximum absolute atomic E-state index is 13.4. The zero-order valence-electron chi connectivity index (χ0n) is 11.2. The molecule has 0 saturated heterocycles. The van der Waals surface area contributed by atoms with Crippen LogP contribution >= 0.6 is 0 Å². The van der Waals surface area contributed by atoms with Crippen LogP contribution in [0.2, 0.25) is 0 Å². The second-order valence-corrected chi connectivity index (χ2v) is 4.79. The van der Waals surface area contributed by atoms with Crippen molar-refractivity contribution in [3.63, 3.8) is 0 Å². The van der Waals surface area contributed by atoms with Gasteiger partial charge in [0, 0.05) is 17.7 Å². The van der Waals surface area contributed by atoms with E-state index >= 15 is 0 Å². The van der Waals surface area contributed by atoms with Crippen LogP contribution in [0.25, 0.3) is 6.08 Å². The van der Waals surface area contributed by atoms with Crippen LogP contribution in [0.1, 0.15) is 32.8 Å². The number of rotatable bonds is 5. The molecule has 0 radical (unpaired) electrons. The van der Waals surface area contributed by atoms with Crippen molar-refractivity contribution in [1.82, 2.24) is 5.32 Å². The molecule has 0 fully saturated rings. The summed E-state index contributed by atoms with van der Waals surface area (Å²) < 4.78 is 13.4. The number of hydrogen-bond acceptors (Lipinski definition) is 1. The summed E-state index contributed by atoms with van der Waals surface area (Å²) in [5.41, 5.74) is 0.956. The maximum Gasteiger partial charge on any atom is 0.246 e. The van der Waals surface area contributed by atoms with Gasteiger partial charge in [0.15, 0.2) is 0 Å². The van der Waals surface area contributed by atoms with Crippen molar-refractivity contribution in [3.05, 3.63) is 41.2 Å².